The Balaban J connectivity index is 0.00000312. The largest absolute Gasteiger partial charge is 0.573 e. The zero-order valence-corrected chi connectivity index (χ0v) is 14.9. The lowest BCUT2D eigenvalue weighted by Gasteiger charge is -2.19. The number of rotatable bonds is 5. The third-order valence-electron chi connectivity index (χ3n) is 3.73. The van der Waals surface area contributed by atoms with Gasteiger partial charge in [0.25, 0.3) is 0 Å². The first-order valence-electron chi connectivity index (χ1n) is 7.50. The van der Waals surface area contributed by atoms with E-state index in [1.807, 2.05) is 18.2 Å². The zero-order chi connectivity index (χ0) is 17.9. The second-order valence-electron chi connectivity index (χ2n) is 5.75. The van der Waals surface area contributed by atoms with Gasteiger partial charge in [0.15, 0.2) is 0 Å². The summed E-state index contributed by atoms with van der Waals surface area (Å²) in [5.41, 5.74) is 8.86. The quantitative estimate of drug-likeness (QED) is 0.782. The number of hydrogen-bond donors (Lipinski definition) is 1. The lowest BCUT2D eigenvalue weighted by atomic mass is 9.93. The first kappa shape index (κ1) is 21.1. The number of hydrogen-bond acceptors (Lipinski definition) is 3. The van der Waals surface area contributed by atoms with Crippen LogP contribution in [0.15, 0.2) is 42.5 Å². The Labute approximate surface area is 151 Å². The van der Waals surface area contributed by atoms with Gasteiger partial charge >= 0.3 is 6.36 Å². The van der Waals surface area contributed by atoms with E-state index in [1.54, 1.807) is 7.11 Å². The molecular formula is C18H21ClF3NO2. The fraction of sp³-hybridized carbons (Fsp3) is 0.333. The third-order valence-corrected chi connectivity index (χ3v) is 3.73. The van der Waals surface area contributed by atoms with Crippen molar-refractivity contribution >= 4 is 12.4 Å². The molecule has 0 aliphatic heterocycles. The van der Waals surface area contributed by atoms with Gasteiger partial charge < -0.3 is 15.2 Å². The average Bonchev–Trinajstić information content (AvgIpc) is 2.52. The van der Waals surface area contributed by atoms with Crippen LogP contribution in [0.2, 0.25) is 0 Å². The molecule has 7 heteroatoms. The van der Waals surface area contributed by atoms with Crippen LogP contribution in [0, 0.1) is 0 Å². The molecule has 0 unspecified atom stereocenters. The Hall–Kier alpha value is -1.92. The fourth-order valence-electron chi connectivity index (χ4n) is 2.41. The lowest BCUT2D eigenvalue weighted by molar-refractivity contribution is -0.274. The van der Waals surface area contributed by atoms with Crippen LogP contribution in [0.3, 0.4) is 0 Å². The number of halogens is 4. The van der Waals surface area contributed by atoms with E-state index in [4.69, 9.17) is 10.5 Å². The lowest BCUT2D eigenvalue weighted by Crippen LogP contribution is -2.17. The molecule has 0 saturated heterocycles. The van der Waals surface area contributed by atoms with Crippen molar-refractivity contribution in [2.24, 2.45) is 5.73 Å². The molecule has 0 bridgehead atoms. The van der Waals surface area contributed by atoms with E-state index in [0.717, 1.165) is 11.1 Å². The number of methoxy groups -OCH3 is 1. The monoisotopic (exact) mass is 375 g/mol. The second-order valence-corrected chi connectivity index (χ2v) is 5.75. The van der Waals surface area contributed by atoms with Gasteiger partial charge in [0.05, 0.1) is 13.2 Å². The molecule has 0 fully saturated rings. The molecule has 0 aliphatic carbocycles. The molecular weight excluding hydrogens is 355 g/mol. The summed E-state index contributed by atoms with van der Waals surface area (Å²) in [6.45, 7) is 4.14. The summed E-state index contributed by atoms with van der Waals surface area (Å²) < 4.78 is 45.9. The summed E-state index contributed by atoms with van der Waals surface area (Å²) in [6.07, 6.45) is -4.71. The topological polar surface area (TPSA) is 44.5 Å². The minimum absolute atomic E-state index is 0. The summed E-state index contributed by atoms with van der Waals surface area (Å²) in [4.78, 5) is 0. The number of alkyl halides is 3. The van der Waals surface area contributed by atoms with Gasteiger partial charge in [-0.25, -0.2) is 0 Å². The van der Waals surface area contributed by atoms with Crippen LogP contribution >= 0.6 is 12.4 Å². The summed E-state index contributed by atoms with van der Waals surface area (Å²) in [5.74, 6) is 0.688. The van der Waals surface area contributed by atoms with Crippen molar-refractivity contribution in [3.63, 3.8) is 0 Å². The van der Waals surface area contributed by atoms with Gasteiger partial charge in [0, 0.05) is 5.56 Å². The molecule has 138 valence electrons. The number of nitrogens with two attached hydrogens (primary N) is 1. The molecule has 2 rings (SSSR count). The highest BCUT2D eigenvalue weighted by molar-refractivity contribution is 5.85. The Morgan fingerprint density at radius 1 is 0.960 bits per heavy atom. The van der Waals surface area contributed by atoms with Gasteiger partial charge in [-0.1, -0.05) is 32.0 Å². The van der Waals surface area contributed by atoms with Crippen LogP contribution in [0.4, 0.5) is 13.2 Å². The van der Waals surface area contributed by atoms with Crippen molar-refractivity contribution in [1.82, 2.24) is 0 Å². The average molecular weight is 376 g/mol. The Kier molecular flexibility index (Phi) is 7.14. The number of ether oxygens (including phenoxy) is 2. The van der Waals surface area contributed by atoms with Crippen molar-refractivity contribution in [3.8, 4) is 11.5 Å². The van der Waals surface area contributed by atoms with E-state index in [-0.39, 0.29) is 18.2 Å². The minimum Gasteiger partial charge on any atom is -0.496 e. The van der Waals surface area contributed by atoms with Crippen LogP contribution in [-0.4, -0.2) is 13.5 Å². The number of benzene rings is 2. The van der Waals surface area contributed by atoms with Crippen molar-refractivity contribution in [1.29, 1.82) is 0 Å². The van der Waals surface area contributed by atoms with Gasteiger partial charge in [-0.3, -0.25) is 0 Å². The van der Waals surface area contributed by atoms with E-state index in [9.17, 15) is 13.2 Å². The molecule has 25 heavy (non-hydrogen) atoms. The predicted molar refractivity (Wildman–Crippen MR) is 93.5 cm³/mol. The molecule has 0 radical (unpaired) electrons. The van der Waals surface area contributed by atoms with Crippen molar-refractivity contribution in [3.05, 3.63) is 59.2 Å². The van der Waals surface area contributed by atoms with Gasteiger partial charge in [-0.05, 0) is 41.3 Å². The van der Waals surface area contributed by atoms with Crippen LogP contribution in [-0.2, 0) is 0 Å². The van der Waals surface area contributed by atoms with Gasteiger partial charge in [0.2, 0.25) is 0 Å². The maximum absolute atomic E-state index is 12.2. The fourth-order valence-corrected chi connectivity index (χ4v) is 2.41. The van der Waals surface area contributed by atoms with Gasteiger partial charge in [0.1, 0.15) is 11.5 Å². The molecule has 2 aromatic rings. The Morgan fingerprint density at radius 2 is 1.52 bits per heavy atom. The highest BCUT2D eigenvalue weighted by Gasteiger charge is 2.31. The Bertz CT molecular complexity index is 688. The molecule has 0 aromatic heterocycles. The zero-order valence-electron chi connectivity index (χ0n) is 14.1. The summed E-state index contributed by atoms with van der Waals surface area (Å²) >= 11 is 0. The van der Waals surface area contributed by atoms with Crippen molar-refractivity contribution < 1.29 is 22.6 Å². The molecule has 0 aliphatic rings. The predicted octanol–water partition coefficient (Wildman–Crippen LogP) is 5.19. The Morgan fingerprint density at radius 3 is 2.00 bits per heavy atom. The maximum Gasteiger partial charge on any atom is 0.573 e. The van der Waals surface area contributed by atoms with E-state index in [0.29, 0.717) is 17.2 Å². The van der Waals surface area contributed by atoms with Crippen LogP contribution in [0.25, 0.3) is 0 Å². The molecule has 0 heterocycles. The SMILES string of the molecule is COc1ccc(C(C)C)cc1[C@@H](N)c1ccc(OC(F)(F)F)cc1.Cl. The van der Waals surface area contributed by atoms with Crippen LogP contribution < -0.4 is 15.2 Å². The normalized spacial score (nSPS) is 12.5. The van der Waals surface area contributed by atoms with Crippen LogP contribution in [0.5, 0.6) is 11.5 Å². The van der Waals surface area contributed by atoms with Gasteiger partial charge in [-0.15, -0.1) is 25.6 Å². The molecule has 2 N–H and O–H groups in total. The summed E-state index contributed by atoms with van der Waals surface area (Å²) in [7, 11) is 1.56. The first-order chi connectivity index (χ1) is 11.2. The standard InChI is InChI=1S/C18H20F3NO2.ClH/c1-11(2)13-6-9-16(23-3)15(10-13)17(22)12-4-7-14(8-5-12)24-18(19,20)21;/h4-11,17H,22H2,1-3H3;1H/t17-;/m0./s1. The second kappa shape index (κ2) is 8.45. The van der Waals surface area contributed by atoms with E-state index in [2.05, 4.69) is 18.6 Å². The summed E-state index contributed by atoms with van der Waals surface area (Å²) in [6, 6.07) is 10.8. The third kappa shape index (κ3) is 5.54. The van der Waals surface area contributed by atoms with E-state index >= 15 is 0 Å². The maximum atomic E-state index is 12.2. The molecule has 2 aromatic carbocycles. The first-order valence-corrected chi connectivity index (χ1v) is 7.50. The summed E-state index contributed by atoms with van der Waals surface area (Å²) in [5, 5.41) is 0. The highest BCUT2D eigenvalue weighted by Crippen LogP contribution is 2.32. The van der Waals surface area contributed by atoms with Crippen molar-refractivity contribution in [2.75, 3.05) is 7.11 Å². The van der Waals surface area contributed by atoms with Crippen molar-refractivity contribution in [2.45, 2.75) is 32.2 Å². The van der Waals surface area contributed by atoms with E-state index < -0.39 is 12.4 Å². The molecule has 0 saturated carbocycles. The highest BCUT2D eigenvalue weighted by atomic mass is 35.5. The van der Waals surface area contributed by atoms with Gasteiger partial charge in [-0.2, -0.15) is 0 Å². The van der Waals surface area contributed by atoms with E-state index in [1.165, 1.54) is 24.3 Å². The molecule has 3 nitrogen and oxygen atoms in total. The molecule has 0 spiro atoms. The minimum atomic E-state index is -4.71. The smallest absolute Gasteiger partial charge is 0.496 e. The molecule has 0 amide bonds. The molecule has 1 atom stereocenters. The van der Waals surface area contributed by atoms with Crippen LogP contribution in [0.1, 0.15) is 42.5 Å².